The van der Waals surface area contributed by atoms with Crippen LogP contribution < -0.4 is 29.3 Å². The molecule has 40 heavy (non-hydrogen) atoms. The summed E-state index contributed by atoms with van der Waals surface area (Å²) in [5.74, 6) is -53.6. The summed E-state index contributed by atoms with van der Waals surface area (Å²) in [6.45, 7) is 0.0110. The number of alkyl halides is 17. The molecule has 0 spiro atoms. The Labute approximate surface area is 233 Å². The monoisotopic (exact) mass is 768 g/mol. The van der Waals surface area contributed by atoms with E-state index < -0.39 is 75.5 Å². The second-order valence-corrected chi connectivity index (χ2v) is 11.4. The number of sulfone groups is 1. The third kappa shape index (κ3) is 7.13. The minimum Gasteiger partial charge on any atom is -1.00 e. The Morgan fingerprint density at radius 3 is 1.23 bits per heavy atom. The summed E-state index contributed by atoms with van der Waals surface area (Å²) in [4.78, 5) is 0. The lowest BCUT2D eigenvalue weighted by Crippen LogP contribution is -3.00. The molecule has 0 unspecified atom stereocenters. The van der Waals surface area contributed by atoms with Crippen molar-refractivity contribution in [1.82, 2.24) is 5.32 Å². The average molecular weight is 768 g/mol. The smallest absolute Gasteiger partial charge is 0.460 e. The van der Waals surface area contributed by atoms with Gasteiger partial charge in [-0.15, -0.1) is 0 Å². The van der Waals surface area contributed by atoms with Crippen molar-refractivity contribution in [3.8, 4) is 0 Å². The number of rotatable bonds is 15. The Hall–Kier alpha value is -0.590. The molecule has 1 N–H and O–H groups in total. The van der Waals surface area contributed by atoms with E-state index in [1.807, 2.05) is 0 Å². The lowest BCUT2D eigenvalue weighted by atomic mass is 9.91. The lowest BCUT2D eigenvalue weighted by Gasteiger charge is -2.42. The van der Waals surface area contributed by atoms with Gasteiger partial charge in [0, 0.05) is 13.0 Å². The molecule has 4 nitrogen and oxygen atoms in total. The molecule has 0 aliphatic rings. The molecule has 0 saturated heterocycles. The van der Waals surface area contributed by atoms with Crippen LogP contribution in [0.3, 0.4) is 0 Å². The number of halogens is 18. The number of nitrogens with zero attached hydrogens (tertiary/aromatic N) is 1. The fraction of sp³-hybridized carbons (Fsp3) is 1.00. The topological polar surface area (TPSA) is 46.2 Å². The van der Waals surface area contributed by atoms with Gasteiger partial charge in [0.25, 0.3) is 0 Å². The van der Waals surface area contributed by atoms with Crippen LogP contribution in [-0.2, 0) is 9.84 Å². The van der Waals surface area contributed by atoms with E-state index in [9.17, 15) is 83.1 Å². The maximum Gasteiger partial charge on any atom is 0.460 e. The Bertz CT molecular complexity index is 947. The van der Waals surface area contributed by atoms with Crippen molar-refractivity contribution < 1.29 is 112 Å². The fourth-order valence-electron chi connectivity index (χ4n) is 2.66. The van der Waals surface area contributed by atoms with Crippen LogP contribution in [0.2, 0.25) is 0 Å². The van der Waals surface area contributed by atoms with Gasteiger partial charge in [-0.2, -0.15) is 74.6 Å². The van der Waals surface area contributed by atoms with Gasteiger partial charge in [0.05, 0.1) is 33.4 Å². The molecule has 244 valence electrons. The first kappa shape index (κ1) is 41.5. The van der Waals surface area contributed by atoms with E-state index in [1.165, 1.54) is 0 Å². The molecular weight excluding hydrogens is 746 g/mol. The molecule has 0 atom stereocenters. The predicted octanol–water partition coefficient (Wildman–Crippen LogP) is 2.45. The Morgan fingerprint density at radius 2 is 0.875 bits per heavy atom. The lowest BCUT2D eigenvalue weighted by molar-refractivity contribution is -0.870. The number of quaternary nitrogens is 1. The van der Waals surface area contributed by atoms with E-state index in [2.05, 4.69) is 5.32 Å². The third-order valence-corrected chi connectivity index (χ3v) is 6.90. The maximum atomic E-state index is 13.9. The Morgan fingerprint density at radius 1 is 0.550 bits per heavy atom. The van der Waals surface area contributed by atoms with Crippen molar-refractivity contribution in [2.24, 2.45) is 0 Å². The second kappa shape index (κ2) is 12.2. The SMILES string of the molecule is C[N+](C)(C)CCCNCCCS(=O)(=O)C(F)(F)C(F)(F)C(F)(F)C(F)(F)C(F)(F)C(F)(F)C(F)(F)C(F)(F)F.[I-]. The standard InChI is InChI=1S/C17H22F17N2O2S.HI/c1-36(2,3)8-4-6-35-7-5-9-39(37,38)17(33,34)15(28,29)13(24,25)11(20,21)10(18,19)12(22,23)14(26,27)16(30,31)32;/h35H,4-9H2,1-3H3;1H/q+1;/p-1. The molecule has 0 aliphatic heterocycles. The van der Waals surface area contributed by atoms with E-state index in [4.69, 9.17) is 0 Å². The molecular formula is C17H22F17IN2O2S. The molecule has 0 amide bonds. The first-order valence-electron chi connectivity index (χ1n) is 10.2. The number of hydrogen-bond donors (Lipinski definition) is 1. The summed E-state index contributed by atoms with van der Waals surface area (Å²) in [6, 6.07) is 0. The van der Waals surface area contributed by atoms with E-state index in [0.717, 1.165) is 0 Å². The van der Waals surface area contributed by atoms with Crippen molar-refractivity contribution in [1.29, 1.82) is 0 Å². The van der Waals surface area contributed by atoms with Crippen LogP contribution in [0.5, 0.6) is 0 Å². The van der Waals surface area contributed by atoms with Gasteiger partial charge in [-0.3, -0.25) is 0 Å². The third-order valence-electron chi connectivity index (χ3n) is 5.03. The zero-order chi connectivity index (χ0) is 31.9. The van der Waals surface area contributed by atoms with Gasteiger partial charge in [0.1, 0.15) is 0 Å². The molecule has 0 heterocycles. The molecule has 0 rings (SSSR count). The summed E-state index contributed by atoms with van der Waals surface area (Å²) in [5.41, 5.74) is 0. The minimum absolute atomic E-state index is 0. The predicted molar refractivity (Wildman–Crippen MR) is 99.5 cm³/mol. The van der Waals surface area contributed by atoms with Gasteiger partial charge < -0.3 is 33.8 Å². The zero-order valence-electron chi connectivity index (χ0n) is 20.2. The summed E-state index contributed by atoms with van der Waals surface area (Å²) in [6.07, 6.45) is -8.56. The quantitative estimate of drug-likeness (QED) is 0.121. The van der Waals surface area contributed by atoms with Crippen molar-refractivity contribution in [2.45, 2.75) is 59.8 Å². The van der Waals surface area contributed by atoms with Crippen LogP contribution in [-0.4, -0.2) is 106 Å². The summed E-state index contributed by atoms with van der Waals surface area (Å²) >= 11 is 0. The molecule has 0 fully saturated rings. The van der Waals surface area contributed by atoms with Crippen LogP contribution in [0.25, 0.3) is 0 Å². The van der Waals surface area contributed by atoms with Crippen LogP contribution in [0.15, 0.2) is 0 Å². The van der Waals surface area contributed by atoms with E-state index in [-0.39, 0.29) is 30.5 Å². The first-order valence-corrected chi connectivity index (χ1v) is 11.8. The molecule has 0 aliphatic carbocycles. The summed E-state index contributed by atoms with van der Waals surface area (Å²) in [7, 11) is -1.74. The second-order valence-electron chi connectivity index (χ2n) is 9.25. The van der Waals surface area contributed by atoms with Crippen LogP contribution in [0.1, 0.15) is 12.8 Å². The highest BCUT2D eigenvalue weighted by Gasteiger charge is 2.96. The first-order chi connectivity index (χ1) is 16.7. The molecule has 0 aromatic heterocycles. The Kier molecular flexibility index (Phi) is 12.7. The van der Waals surface area contributed by atoms with Gasteiger partial charge in [-0.1, -0.05) is 0 Å². The van der Waals surface area contributed by atoms with Crippen LogP contribution in [0.4, 0.5) is 74.6 Å². The highest BCUT2D eigenvalue weighted by Crippen LogP contribution is 2.64. The molecule has 23 heteroatoms. The van der Waals surface area contributed by atoms with Gasteiger partial charge in [-0.05, 0) is 13.0 Å². The van der Waals surface area contributed by atoms with E-state index >= 15 is 0 Å². The largest absolute Gasteiger partial charge is 1.00 e. The molecule has 0 aromatic carbocycles. The van der Waals surface area contributed by atoms with Crippen molar-refractivity contribution in [2.75, 3.05) is 46.5 Å². The summed E-state index contributed by atoms with van der Waals surface area (Å²) in [5, 5.41) is -5.02. The normalized spacial score (nSPS) is 15.7. The maximum absolute atomic E-state index is 13.9. The molecule has 0 saturated carbocycles. The molecule has 0 radical (unpaired) electrons. The van der Waals surface area contributed by atoms with Crippen molar-refractivity contribution >= 4 is 9.84 Å². The zero-order valence-corrected chi connectivity index (χ0v) is 23.2. The fourth-order valence-corrected chi connectivity index (χ4v) is 3.96. The van der Waals surface area contributed by atoms with Gasteiger partial charge in [-0.25, -0.2) is 8.42 Å². The van der Waals surface area contributed by atoms with Crippen molar-refractivity contribution in [3.05, 3.63) is 0 Å². The van der Waals surface area contributed by atoms with Gasteiger partial charge >= 0.3 is 47.0 Å². The number of hydrogen-bond acceptors (Lipinski definition) is 3. The van der Waals surface area contributed by atoms with E-state index in [0.29, 0.717) is 17.4 Å². The highest BCUT2D eigenvalue weighted by molar-refractivity contribution is 7.92. The van der Waals surface area contributed by atoms with Crippen LogP contribution in [0, 0.1) is 0 Å². The van der Waals surface area contributed by atoms with Crippen molar-refractivity contribution in [3.63, 3.8) is 0 Å². The van der Waals surface area contributed by atoms with E-state index in [1.54, 1.807) is 21.1 Å². The Balaban J connectivity index is 0. The summed E-state index contributed by atoms with van der Waals surface area (Å²) < 4.78 is 249. The molecule has 0 bridgehead atoms. The molecule has 0 aromatic rings. The van der Waals surface area contributed by atoms with Gasteiger partial charge in [0.15, 0.2) is 0 Å². The van der Waals surface area contributed by atoms with Crippen LogP contribution >= 0.6 is 0 Å². The number of nitrogens with one attached hydrogen (secondary N) is 1. The average Bonchev–Trinajstić information content (AvgIpc) is 2.70. The highest BCUT2D eigenvalue weighted by atomic mass is 127. The van der Waals surface area contributed by atoms with Gasteiger partial charge in [0.2, 0.25) is 9.84 Å². The minimum atomic E-state index is -8.81.